The van der Waals surface area contributed by atoms with Crippen LogP contribution in [0.4, 0.5) is 5.69 Å². The minimum atomic E-state index is -0.659. The Hall–Kier alpha value is -2.16. The number of carbonyl (C=O) groups is 2. The molecule has 1 aromatic rings. The van der Waals surface area contributed by atoms with Crippen LogP contribution in [0, 0.1) is 5.92 Å². The topological polar surface area (TPSA) is 97.3 Å². The number of nitrogens with one attached hydrogen (secondary N) is 1. The van der Waals surface area contributed by atoms with Gasteiger partial charge in [0.1, 0.15) is 11.9 Å². The maximum atomic E-state index is 13.1. The smallest absolute Gasteiger partial charge is 0.230 e. The molecule has 0 saturated carbocycles. The van der Waals surface area contributed by atoms with Gasteiger partial charge in [0.2, 0.25) is 11.8 Å². The summed E-state index contributed by atoms with van der Waals surface area (Å²) in [6, 6.07) is 5.78. The summed E-state index contributed by atoms with van der Waals surface area (Å²) in [7, 11) is 0. The molecule has 8 heteroatoms. The molecule has 1 aromatic carbocycles. The molecule has 0 radical (unpaired) electrons. The van der Waals surface area contributed by atoms with Crippen LogP contribution in [0.2, 0.25) is 0 Å². The van der Waals surface area contributed by atoms with Crippen LogP contribution in [0.5, 0.6) is 5.75 Å². The number of nitrogens with zero attached hydrogens (tertiary/aromatic N) is 1. The molecule has 2 bridgehead atoms. The average molecular weight is 459 g/mol. The van der Waals surface area contributed by atoms with Gasteiger partial charge in [-0.2, -0.15) is 0 Å². The molecule has 0 unspecified atom stereocenters. The minimum absolute atomic E-state index is 0.0798. The first-order valence-electron chi connectivity index (χ1n) is 12.4. The highest BCUT2D eigenvalue weighted by Gasteiger charge is 2.46. The number of hydrogen-bond acceptors (Lipinski definition) is 6. The minimum Gasteiger partial charge on any atom is -0.490 e. The number of aliphatic hydroxyl groups is 1. The zero-order valence-electron chi connectivity index (χ0n) is 19.0. The lowest BCUT2D eigenvalue weighted by molar-refractivity contribution is -0.152. The standard InChI is InChI=1S/C25H34N2O6/c28-15-22-24-20(13-18(33-22)14-23(29)27-8-2-1-3-9-27)19-12-16(26-25(24)30)4-5-21(19)32-17-6-10-31-11-7-17/h4-5,12,17-18,20,22,24,28H,1-3,6-11,13-15H2,(H,26,30)/t18-,20-,22+,24+/m0/s1. The second-order valence-electron chi connectivity index (χ2n) is 9.66. The number of amides is 2. The predicted molar refractivity (Wildman–Crippen MR) is 121 cm³/mol. The van der Waals surface area contributed by atoms with Crippen molar-refractivity contribution in [1.29, 1.82) is 0 Å². The van der Waals surface area contributed by atoms with Crippen molar-refractivity contribution in [3.8, 4) is 5.75 Å². The van der Waals surface area contributed by atoms with Gasteiger partial charge in [0.15, 0.2) is 0 Å². The highest BCUT2D eigenvalue weighted by Crippen LogP contribution is 2.46. The van der Waals surface area contributed by atoms with Crippen LogP contribution in [0.3, 0.4) is 0 Å². The molecular weight excluding hydrogens is 424 g/mol. The monoisotopic (exact) mass is 458 g/mol. The van der Waals surface area contributed by atoms with Gasteiger partial charge in [-0.05, 0) is 43.9 Å². The molecule has 180 valence electrons. The summed E-state index contributed by atoms with van der Waals surface area (Å²) in [5.41, 5.74) is 1.68. The largest absolute Gasteiger partial charge is 0.490 e. The predicted octanol–water partition coefficient (Wildman–Crippen LogP) is 2.45. The molecule has 2 N–H and O–H groups in total. The summed E-state index contributed by atoms with van der Waals surface area (Å²) in [5, 5.41) is 13.1. The van der Waals surface area contributed by atoms with E-state index in [1.54, 1.807) is 0 Å². The Bertz CT molecular complexity index is 864. The van der Waals surface area contributed by atoms with E-state index < -0.39 is 12.0 Å². The second kappa shape index (κ2) is 9.99. The first-order valence-corrected chi connectivity index (χ1v) is 12.4. The van der Waals surface area contributed by atoms with Crippen molar-refractivity contribution >= 4 is 17.5 Å². The van der Waals surface area contributed by atoms with Gasteiger partial charge in [-0.15, -0.1) is 0 Å². The first-order chi connectivity index (χ1) is 16.1. The van der Waals surface area contributed by atoms with Crippen LogP contribution in [0.1, 0.15) is 56.4 Å². The van der Waals surface area contributed by atoms with Crippen LogP contribution < -0.4 is 10.1 Å². The van der Waals surface area contributed by atoms with E-state index in [0.29, 0.717) is 19.6 Å². The molecule has 0 aliphatic carbocycles. The summed E-state index contributed by atoms with van der Waals surface area (Å²) in [6.45, 7) is 2.70. The molecule has 4 atom stereocenters. The fraction of sp³-hybridized carbons (Fsp3) is 0.680. The number of rotatable bonds is 5. The number of benzene rings is 1. The summed E-state index contributed by atoms with van der Waals surface area (Å²) < 4.78 is 18.0. The van der Waals surface area contributed by atoms with Crippen LogP contribution in [-0.2, 0) is 19.1 Å². The van der Waals surface area contributed by atoms with Gasteiger partial charge in [-0.1, -0.05) is 0 Å². The van der Waals surface area contributed by atoms with E-state index in [1.165, 1.54) is 6.42 Å². The Kier molecular flexibility index (Phi) is 6.85. The lowest BCUT2D eigenvalue weighted by Crippen LogP contribution is -2.48. The Labute approximate surface area is 194 Å². The molecular formula is C25H34N2O6. The first kappa shape index (κ1) is 22.6. The van der Waals surface area contributed by atoms with E-state index in [2.05, 4.69) is 5.32 Å². The van der Waals surface area contributed by atoms with Crippen LogP contribution in [0.25, 0.3) is 0 Å². The fourth-order valence-electron chi connectivity index (χ4n) is 5.73. The van der Waals surface area contributed by atoms with Crippen molar-refractivity contribution in [3.05, 3.63) is 23.8 Å². The number of carbonyl (C=O) groups excluding carboxylic acids is 2. The maximum Gasteiger partial charge on any atom is 0.230 e. The number of anilines is 1. The van der Waals surface area contributed by atoms with Crippen molar-refractivity contribution in [2.75, 3.05) is 38.2 Å². The summed E-state index contributed by atoms with van der Waals surface area (Å²) in [4.78, 5) is 28.0. The number of fused-ring (bicyclic) bond motifs is 4. The third-order valence-corrected chi connectivity index (χ3v) is 7.45. The number of likely N-dealkylation sites (tertiary alicyclic amines) is 1. The molecule has 33 heavy (non-hydrogen) atoms. The molecule has 5 rings (SSSR count). The van der Waals surface area contributed by atoms with E-state index in [4.69, 9.17) is 14.2 Å². The highest BCUT2D eigenvalue weighted by atomic mass is 16.5. The lowest BCUT2D eigenvalue weighted by Gasteiger charge is -2.41. The van der Waals surface area contributed by atoms with Gasteiger partial charge in [0.25, 0.3) is 0 Å². The number of ether oxygens (including phenoxy) is 3. The van der Waals surface area contributed by atoms with E-state index in [9.17, 15) is 14.7 Å². The van der Waals surface area contributed by atoms with Crippen LogP contribution in [-0.4, -0.2) is 73.0 Å². The van der Waals surface area contributed by atoms with E-state index in [0.717, 1.165) is 55.8 Å². The molecule has 3 fully saturated rings. The molecule has 4 aliphatic rings. The molecule has 2 amide bonds. The van der Waals surface area contributed by atoms with Crippen molar-refractivity contribution in [2.45, 2.75) is 69.2 Å². The van der Waals surface area contributed by atoms with Gasteiger partial charge in [-0.25, -0.2) is 0 Å². The van der Waals surface area contributed by atoms with Crippen molar-refractivity contribution in [1.82, 2.24) is 4.90 Å². The summed E-state index contributed by atoms with van der Waals surface area (Å²) in [5.74, 6) is -0.00381. The zero-order valence-corrected chi connectivity index (χ0v) is 19.0. The van der Waals surface area contributed by atoms with Crippen molar-refractivity contribution in [2.24, 2.45) is 5.92 Å². The molecule has 3 saturated heterocycles. The Balaban J connectivity index is 1.39. The van der Waals surface area contributed by atoms with Crippen molar-refractivity contribution < 1.29 is 28.9 Å². The SMILES string of the molecule is O=C1Nc2ccc(OC3CCOCC3)c(c2)[C@@H]2C[C@@H](CC(=O)N3CCCCC3)O[C@H](CO)[C@H]12. The summed E-state index contributed by atoms with van der Waals surface area (Å²) >= 11 is 0. The van der Waals surface area contributed by atoms with Gasteiger partial charge in [0.05, 0.1) is 44.4 Å². The van der Waals surface area contributed by atoms with E-state index in [-0.39, 0.29) is 43.0 Å². The molecule has 0 spiro atoms. The van der Waals surface area contributed by atoms with Crippen molar-refractivity contribution in [3.63, 3.8) is 0 Å². The third kappa shape index (κ3) is 4.88. The quantitative estimate of drug-likeness (QED) is 0.704. The molecule has 4 heterocycles. The third-order valence-electron chi connectivity index (χ3n) is 7.45. The molecule has 0 aromatic heterocycles. The van der Waals surface area contributed by atoms with Gasteiger partial charge in [-0.3, -0.25) is 9.59 Å². The van der Waals surface area contributed by atoms with Gasteiger partial charge in [0, 0.05) is 43.1 Å². The lowest BCUT2D eigenvalue weighted by atomic mass is 9.76. The molecule has 4 aliphatic heterocycles. The highest BCUT2D eigenvalue weighted by molar-refractivity contribution is 5.95. The van der Waals surface area contributed by atoms with Gasteiger partial charge >= 0.3 is 0 Å². The Morgan fingerprint density at radius 3 is 2.73 bits per heavy atom. The number of aliphatic hydroxyl groups excluding tert-OH is 1. The average Bonchev–Trinajstić information content (AvgIpc) is 2.96. The molecule has 8 nitrogen and oxygen atoms in total. The fourth-order valence-corrected chi connectivity index (χ4v) is 5.73. The Morgan fingerprint density at radius 2 is 1.97 bits per heavy atom. The van der Waals surface area contributed by atoms with Crippen LogP contribution in [0.15, 0.2) is 18.2 Å². The second-order valence-corrected chi connectivity index (χ2v) is 9.66. The summed E-state index contributed by atoms with van der Waals surface area (Å²) in [6.07, 6.45) is 4.82. The Morgan fingerprint density at radius 1 is 1.18 bits per heavy atom. The van der Waals surface area contributed by atoms with E-state index >= 15 is 0 Å². The maximum absolute atomic E-state index is 13.1. The van der Waals surface area contributed by atoms with E-state index in [1.807, 2.05) is 23.1 Å². The van der Waals surface area contributed by atoms with Gasteiger partial charge < -0.3 is 29.5 Å². The zero-order chi connectivity index (χ0) is 22.8. The normalized spacial score (nSPS) is 30.2. The number of piperidine rings is 1. The number of hydrogen-bond donors (Lipinski definition) is 2. The van der Waals surface area contributed by atoms with Crippen LogP contribution >= 0.6 is 0 Å².